The van der Waals surface area contributed by atoms with Gasteiger partial charge in [-0.2, -0.15) is 0 Å². The third-order valence-electron chi connectivity index (χ3n) is 4.54. The number of fused-ring (bicyclic) bond motifs is 1. The highest BCUT2D eigenvalue weighted by molar-refractivity contribution is 5.91. The average molecular weight is 346 g/mol. The molecule has 1 aliphatic rings. The number of hydrogen-bond donors (Lipinski definition) is 1. The normalized spacial score (nSPS) is 13.1. The molecule has 0 saturated carbocycles. The van der Waals surface area contributed by atoms with Gasteiger partial charge < -0.3 is 9.72 Å². The van der Waals surface area contributed by atoms with Crippen LogP contribution in [0.2, 0.25) is 0 Å². The van der Waals surface area contributed by atoms with E-state index in [2.05, 4.69) is 9.97 Å². The standard InChI is InChI=1S/C21H18N2O3/c24-20-17-8-4-5-9-18(17)22-19(23-20)14-10-12-16(13-11-14)26-21(25)15-6-2-1-3-7-15/h1-3,6-7,10-13H,4-5,8-9H2,(H,22,23,24). The lowest BCUT2D eigenvalue weighted by atomic mass is 9.97. The second-order valence-corrected chi connectivity index (χ2v) is 6.33. The topological polar surface area (TPSA) is 72.0 Å². The largest absolute Gasteiger partial charge is 0.423 e. The molecule has 0 atom stereocenters. The van der Waals surface area contributed by atoms with E-state index in [-0.39, 0.29) is 5.56 Å². The summed E-state index contributed by atoms with van der Waals surface area (Å²) in [6.07, 6.45) is 3.75. The molecular formula is C21H18N2O3. The van der Waals surface area contributed by atoms with Crippen LogP contribution in [0.4, 0.5) is 0 Å². The maximum atomic E-state index is 12.3. The molecule has 1 aliphatic carbocycles. The molecule has 0 bridgehead atoms. The van der Waals surface area contributed by atoms with E-state index in [0.29, 0.717) is 17.1 Å². The Kier molecular flexibility index (Phi) is 4.35. The fourth-order valence-corrected chi connectivity index (χ4v) is 3.16. The molecule has 4 rings (SSSR count). The highest BCUT2D eigenvalue weighted by atomic mass is 16.5. The number of esters is 1. The van der Waals surface area contributed by atoms with Crippen LogP contribution in [-0.4, -0.2) is 15.9 Å². The molecule has 0 radical (unpaired) electrons. The molecule has 5 heteroatoms. The van der Waals surface area contributed by atoms with Crippen LogP contribution >= 0.6 is 0 Å². The molecule has 5 nitrogen and oxygen atoms in total. The maximum absolute atomic E-state index is 12.3. The van der Waals surface area contributed by atoms with Crippen molar-refractivity contribution in [3.63, 3.8) is 0 Å². The van der Waals surface area contributed by atoms with Gasteiger partial charge in [-0.3, -0.25) is 4.79 Å². The van der Waals surface area contributed by atoms with Gasteiger partial charge in [0.05, 0.1) is 11.3 Å². The highest BCUT2D eigenvalue weighted by Crippen LogP contribution is 2.22. The zero-order chi connectivity index (χ0) is 17.9. The van der Waals surface area contributed by atoms with E-state index in [1.807, 2.05) is 6.07 Å². The van der Waals surface area contributed by atoms with Crippen molar-refractivity contribution < 1.29 is 9.53 Å². The number of hydrogen-bond acceptors (Lipinski definition) is 4. The van der Waals surface area contributed by atoms with Crippen LogP contribution in [-0.2, 0) is 12.8 Å². The summed E-state index contributed by atoms with van der Waals surface area (Å²) in [5.41, 5.74) is 2.94. The van der Waals surface area contributed by atoms with Crippen LogP contribution < -0.4 is 10.3 Å². The van der Waals surface area contributed by atoms with Crippen LogP contribution in [0.15, 0.2) is 59.4 Å². The Bertz CT molecular complexity index is 992. The minimum atomic E-state index is -0.404. The fraction of sp³-hybridized carbons (Fsp3) is 0.190. The van der Waals surface area contributed by atoms with Crippen LogP contribution in [0.3, 0.4) is 0 Å². The van der Waals surface area contributed by atoms with Gasteiger partial charge in [-0.05, 0) is 62.1 Å². The molecular weight excluding hydrogens is 328 g/mol. The molecule has 0 unspecified atom stereocenters. The number of aromatic nitrogens is 2. The van der Waals surface area contributed by atoms with Crippen LogP contribution in [0, 0.1) is 0 Å². The Morgan fingerprint density at radius 3 is 2.46 bits per heavy atom. The lowest BCUT2D eigenvalue weighted by molar-refractivity contribution is 0.0735. The van der Waals surface area contributed by atoms with Crippen LogP contribution in [0.25, 0.3) is 11.4 Å². The molecule has 130 valence electrons. The summed E-state index contributed by atoms with van der Waals surface area (Å²) >= 11 is 0. The average Bonchev–Trinajstić information content (AvgIpc) is 2.69. The summed E-state index contributed by atoms with van der Waals surface area (Å²) in [5, 5.41) is 0. The number of carbonyl (C=O) groups excluding carboxylic acids is 1. The van der Waals surface area contributed by atoms with Crippen LogP contribution in [0.5, 0.6) is 5.75 Å². The predicted octanol–water partition coefficient (Wildman–Crippen LogP) is 3.53. The van der Waals surface area contributed by atoms with Gasteiger partial charge in [-0.25, -0.2) is 9.78 Å². The van der Waals surface area contributed by atoms with Gasteiger partial charge in [-0.1, -0.05) is 18.2 Å². The predicted molar refractivity (Wildman–Crippen MR) is 98.3 cm³/mol. The molecule has 1 N–H and O–H groups in total. The Morgan fingerprint density at radius 2 is 1.69 bits per heavy atom. The van der Waals surface area contributed by atoms with Crippen molar-refractivity contribution in [2.45, 2.75) is 25.7 Å². The molecule has 0 aliphatic heterocycles. The van der Waals surface area contributed by atoms with Crippen molar-refractivity contribution in [3.05, 3.63) is 81.8 Å². The number of aromatic amines is 1. The van der Waals surface area contributed by atoms with Gasteiger partial charge in [0.2, 0.25) is 0 Å². The Labute approximate surface area is 150 Å². The molecule has 0 spiro atoms. The third-order valence-corrected chi connectivity index (χ3v) is 4.54. The Morgan fingerprint density at radius 1 is 0.962 bits per heavy atom. The van der Waals surface area contributed by atoms with E-state index < -0.39 is 5.97 Å². The number of aryl methyl sites for hydroxylation is 1. The summed E-state index contributed by atoms with van der Waals surface area (Å²) in [4.78, 5) is 31.8. The monoisotopic (exact) mass is 346 g/mol. The number of benzene rings is 2. The van der Waals surface area contributed by atoms with E-state index in [1.54, 1.807) is 48.5 Å². The molecule has 1 heterocycles. The van der Waals surface area contributed by atoms with Gasteiger partial charge >= 0.3 is 5.97 Å². The zero-order valence-electron chi connectivity index (χ0n) is 14.2. The molecule has 26 heavy (non-hydrogen) atoms. The van der Waals surface area contributed by atoms with Gasteiger partial charge in [0, 0.05) is 11.1 Å². The fourth-order valence-electron chi connectivity index (χ4n) is 3.16. The van der Waals surface area contributed by atoms with Crippen molar-refractivity contribution in [1.82, 2.24) is 9.97 Å². The number of rotatable bonds is 3. The molecule has 1 aromatic heterocycles. The molecule has 3 aromatic rings. The van der Waals surface area contributed by atoms with Gasteiger partial charge in [0.25, 0.3) is 5.56 Å². The SMILES string of the molecule is O=C(Oc1ccc(-c2nc3c(c(=O)[nH]2)CCCC3)cc1)c1ccccc1. The number of carbonyl (C=O) groups is 1. The van der Waals surface area contributed by atoms with E-state index in [1.165, 1.54) is 0 Å². The molecule has 2 aromatic carbocycles. The molecule has 0 saturated heterocycles. The first-order chi connectivity index (χ1) is 12.7. The molecule has 0 fully saturated rings. The van der Waals surface area contributed by atoms with Gasteiger partial charge in [0.1, 0.15) is 11.6 Å². The Balaban J connectivity index is 1.56. The number of nitrogens with zero attached hydrogens (tertiary/aromatic N) is 1. The van der Waals surface area contributed by atoms with Crippen molar-refractivity contribution in [2.24, 2.45) is 0 Å². The maximum Gasteiger partial charge on any atom is 0.343 e. The zero-order valence-corrected chi connectivity index (χ0v) is 14.2. The minimum absolute atomic E-state index is 0.0516. The minimum Gasteiger partial charge on any atom is -0.423 e. The van der Waals surface area contributed by atoms with Gasteiger partial charge in [0.15, 0.2) is 0 Å². The van der Waals surface area contributed by atoms with Crippen molar-refractivity contribution in [2.75, 3.05) is 0 Å². The summed E-state index contributed by atoms with van der Waals surface area (Å²) in [5.74, 6) is 0.596. The first-order valence-electron chi connectivity index (χ1n) is 8.70. The van der Waals surface area contributed by atoms with E-state index in [9.17, 15) is 9.59 Å². The summed E-state index contributed by atoms with van der Waals surface area (Å²) in [6.45, 7) is 0. The smallest absolute Gasteiger partial charge is 0.343 e. The first-order valence-corrected chi connectivity index (χ1v) is 8.70. The van der Waals surface area contributed by atoms with E-state index >= 15 is 0 Å². The van der Waals surface area contributed by atoms with E-state index in [0.717, 1.165) is 42.5 Å². The van der Waals surface area contributed by atoms with E-state index in [4.69, 9.17) is 4.74 Å². The van der Waals surface area contributed by atoms with Crippen molar-refractivity contribution in [3.8, 4) is 17.1 Å². The summed E-state index contributed by atoms with van der Waals surface area (Å²) < 4.78 is 5.37. The Hall–Kier alpha value is -3.21. The lowest BCUT2D eigenvalue weighted by Gasteiger charge is -2.14. The van der Waals surface area contributed by atoms with Crippen LogP contribution in [0.1, 0.15) is 34.5 Å². The highest BCUT2D eigenvalue weighted by Gasteiger charge is 2.16. The second-order valence-electron chi connectivity index (χ2n) is 6.33. The summed E-state index contributed by atoms with van der Waals surface area (Å²) in [7, 11) is 0. The van der Waals surface area contributed by atoms with Crippen molar-refractivity contribution in [1.29, 1.82) is 0 Å². The number of H-pyrrole nitrogens is 1. The number of ether oxygens (including phenoxy) is 1. The number of nitrogens with one attached hydrogen (secondary N) is 1. The second kappa shape index (κ2) is 6.96. The van der Waals surface area contributed by atoms with Gasteiger partial charge in [-0.15, -0.1) is 0 Å². The first kappa shape index (κ1) is 16.3. The summed E-state index contributed by atoms with van der Waals surface area (Å²) in [6, 6.07) is 15.8. The quantitative estimate of drug-likeness (QED) is 0.582. The van der Waals surface area contributed by atoms with Crippen molar-refractivity contribution >= 4 is 5.97 Å². The third kappa shape index (κ3) is 3.28. The lowest BCUT2D eigenvalue weighted by Crippen LogP contribution is -2.21. The molecule has 0 amide bonds.